The van der Waals surface area contributed by atoms with Crippen molar-refractivity contribution >= 4 is 21.6 Å². The summed E-state index contributed by atoms with van der Waals surface area (Å²) in [5.41, 5.74) is 0.502. The van der Waals surface area contributed by atoms with E-state index in [-0.39, 0.29) is 29.8 Å². The maximum Gasteiger partial charge on any atom is 0.244 e. The maximum atomic E-state index is 12.2. The summed E-state index contributed by atoms with van der Waals surface area (Å²) in [6.45, 7) is 2.56. The molecule has 7 nitrogen and oxygen atoms in total. The molecular weight excluding hydrogens is 292 g/mol. The summed E-state index contributed by atoms with van der Waals surface area (Å²) in [5, 5.41) is 5.79. The highest BCUT2D eigenvalue weighted by atomic mass is 32.2. The van der Waals surface area contributed by atoms with Gasteiger partial charge in [0.15, 0.2) is 0 Å². The summed E-state index contributed by atoms with van der Waals surface area (Å²) in [4.78, 5) is 15.5. The topological polar surface area (TPSA) is 100 Å². The number of nitrogens with zero attached hydrogens (tertiary/aromatic N) is 1. The van der Waals surface area contributed by atoms with E-state index in [0.717, 1.165) is 12.8 Å². The SMILES string of the molecule is CCNc1ccncc1S(=O)(=O)NCCC(=O)NC1CC1. The van der Waals surface area contributed by atoms with Crippen LogP contribution in [0.5, 0.6) is 0 Å². The number of carbonyl (C=O) groups excluding carboxylic acids is 1. The molecule has 1 aromatic rings. The minimum atomic E-state index is -3.68. The van der Waals surface area contributed by atoms with Crippen LogP contribution >= 0.6 is 0 Å². The lowest BCUT2D eigenvalue weighted by Crippen LogP contribution is -2.32. The molecule has 0 saturated heterocycles. The molecule has 0 bridgehead atoms. The number of anilines is 1. The number of pyridine rings is 1. The van der Waals surface area contributed by atoms with Crippen molar-refractivity contribution < 1.29 is 13.2 Å². The predicted octanol–water partition coefficient (Wildman–Crippen LogP) is 0.460. The average Bonchev–Trinajstić information content (AvgIpc) is 3.23. The Hall–Kier alpha value is -1.67. The largest absolute Gasteiger partial charge is 0.384 e. The van der Waals surface area contributed by atoms with E-state index in [1.165, 1.54) is 12.4 Å². The molecule has 1 aromatic heterocycles. The van der Waals surface area contributed by atoms with Gasteiger partial charge in [-0.3, -0.25) is 9.78 Å². The van der Waals surface area contributed by atoms with Gasteiger partial charge in [-0.2, -0.15) is 0 Å². The van der Waals surface area contributed by atoms with E-state index in [4.69, 9.17) is 0 Å². The molecule has 1 fully saturated rings. The van der Waals surface area contributed by atoms with Gasteiger partial charge in [0, 0.05) is 37.9 Å². The maximum absolute atomic E-state index is 12.2. The summed E-state index contributed by atoms with van der Waals surface area (Å²) in [6.07, 6.45) is 4.98. The van der Waals surface area contributed by atoms with E-state index in [2.05, 4.69) is 20.3 Å². The van der Waals surface area contributed by atoms with Crippen molar-refractivity contribution in [1.82, 2.24) is 15.0 Å². The van der Waals surface area contributed by atoms with Gasteiger partial charge in [0.25, 0.3) is 0 Å². The van der Waals surface area contributed by atoms with Gasteiger partial charge < -0.3 is 10.6 Å². The van der Waals surface area contributed by atoms with E-state index >= 15 is 0 Å². The Bertz CT molecular complexity index is 599. The first kappa shape index (κ1) is 15.7. The molecule has 0 radical (unpaired) electrons. The number of carbonyl (C=O) groups is 1. The van der Waals surface area contributed by atoms with Gasteiger partial charge in [0.05, 0.1) is 5.69 Å². The summed E-state index contributed by atoms with van der Waals surface area (Å²) in [6, 6.07) is 1.89. The monoisotopic (exact) mass is 312 g/mol. The normalized spacial score (nSPS) is 14.7. The third-order valence-electron chi connectivity index (χ3n) is 3.03. The Morgan fingerprint density at radius 3 is 2.86 bits per heavy atom. The Morgan fingerprint density at radius 1 is 1.43 bits per heavy atom. The van der Waals surface area contributed by atoms with E-state index in [1.54, 1.807) is 6.07 Å². The van der Waals surface area contributed by atoms with Gasteiger partial charge in [0.2, 0.25) is 15.9 Å². The summed E-state index contributed by atoms with van der Waals surface area (Å²) in [7, 11) is -3.68. The highest BCUT2D eigenvalue weighted by Gasteiger charge is 2.23. The van der Waals surface area contributed by atoms with E-state index < -0.39 is 10.0 Å². The van der Waals surface area contributed by atoms with Crippen molar-refractivity contribution in [2.75, 3.05) is 18.4 Å². The molecule has 1 aliphatic carbocycles. The summed E-state index contributed by atoms with van der Waals surface area (Å²) in [5.74, 6) is -0.127. The Kier molecular flexibility index (Phi) is 5.13. The second kappa shape index (κ2) is 6.86. The van der Waals surface area contributed by atoms with Crippen LogP contribution in [-0.4, -0.2) is 38.4 Å². The zero-order valence-corrected chi connectivity index (χ0v) is 12.7. The Balaban J connectivity index is 1.93. The number of amides is 1. The molecule has 0 aromatic carbocycles. The van der Waals surface area contributed by atoms with Gasteiger partial charge in [-0.1, -0.05) is 0 Å². The fourth-order valence-corrected chi connectivity index (χ4v) is 2.99. The molecular formula is C13H20N4O3S. The minimum absolute atomic E-state index is 0.0708. The summed E-state index contributed by atoms with van der Waals surface area (Å²) < 4.78 is 26.9. The van der Waals surface area contributed by atoms with Crippen LogP contribution in [0, 0.1) is 0 Å². The molecule has 0 unspecified atom stereocenters. The molecule has 2 rings (SSSR count). The smallest absolute Gasteiger partial charge is 0.244 e. The van der Waals surface area contributed by atoms with E-state index in [9.17, 15) is 13.2 Å². The standard InChI is InChI=1S/C13H20N4O3S/c1-2-15-11-5-7-14-9-12(11)21(19,20)16-8-6-13(18)17-10-3-4-10/h5,7,9-10,16H,2-4,6,8H2,1H3,(H,14,15)(H,17,18). The average molecular weight is 312 g/mol. The Morgan fingerprint density at radius 2 is 2.19 bits per heavy atom. The predicted molar refractivity (Wildman–Crippen MR) is 79.4 cm³/mol. The van der Waals surface area contributed by atoms with Crippen LogP contribution in [-0.2, 0) is 14.8 Å². The van der Waals surface area contributed by atoms with Crippen molar-refractivity contribution in [3.8, 4) is 0 Å². The molecule has 0 spiro atoms. The molecule has 1 heterocycles. The van der Waals surface area contributed by atoms with Crippen molar-refractivity contribution in [2.45, 2.75) is 37.1 Å². The van der Waals surface area contributed by atoms with Crippen molar-refractivity contribution in [2.24, 2.45) is 0 Å². The molecule has 0 aliphatic heterocycles. The minimum Gasteiger partial charge on any atom is -0.384 e. The highest BCUT2D eigenvalue weighted by molar-refractivity contribution is 7.89. The Labute approximate surface area is 124 Å². The lowest BCUT2D eigenvalue weighted by Gasteiger charge is -2.11. The third kappa shape index (κ3) is 4.68. The van der Waals surface area contributed by atoms with Crippen LogP contribution in [0.3, 0.4) is 0 Å². The van der Waals surface area contributed by atoms with Gasteiger partial charge >= 0.3 is 0 Å². The number of nitrogens with one attached hydrogen (secondary N) is 3. The molecule has 8 heteroatoms. The first-order valence-corrected chi connectivity index (χ1v) is 8.48. The third-order valence-corrected chi connectivity index (χ3v) is 4.52. The van der Waals surface area contributed by atoms with Gasteiger partial charge in [0.1, 0.15) is 4.90 Å². The summed E-state index contributed by atoms with van der Waals surface area (Å²) >= 11 is 0. The van der Waals surface area contributed by atoms with E-state index in [0.29, 0.717) is 12.2 Å². The molecule has 3 N–H and O–H groups in total. The first-order valence-electron chi connectivity index (χ1n) is 7.00. The second-order valence-electron chi connectivity index (χ2n) is 4.89. The van der Waals surface area contributed by atoms with Crippen LogP contribution in [0.1, 0.15) is 26.2 Å². The lowest BCUT2D eigenvalue weighted by molar-refractivity contribution is -0.121. The van der Waals surface area contributed by atoms with Crippen molar-refractivity contribution in [3.05, 3.63) is 18.5 Å². The first-order chi connectivity index (χ1) is 10.0. The molecule has 0 atom stereocenters. The zero-order chi connectivity index (χ0) is 15.3. The number of aromatic nitrogens is 1. The molecule has 1 amide bonds. The van der Waals surface area contributed by atoms with Gasteiger partial charge in [-0.15, -0.1) is 0 Å². The fraction of sp³-hybridized carbons (Fsp3) is 0.538. The van der Waals surface area contributed by atoms with Gasteiger partial charge in [-0.05, 0) is 25.8 Å². The van der Waals surface area contributed by atoms with Gasteiger partial charge in [-0.25, -0.2) is 13.1 Å². The molecule has 1 saturated carbocycles. The zero-order valence-electron chi connectivity index (χ0n) is 11.9. The molecule has 21 heavy (non-hydrogen) atoms. The fourth-order valence-electron chi connectivity index (χ4n) is 1.83. The number of sulfonamides is 1. The van der Waals surface area contributed by atoms with E-state index in [1.807, 2.05) is 6.92 Å². The van der Waals surface area contributed by atoms with Crippen LogP contribution in [0.25, 0.3) is 0 Å². The van der Waals surface area contributed by atoms with Crippen molar-refractivity contribution in [3.63, 3.8) is 0 Å². The van der Waals surface area contributed by atoms with Crippen LogP contribution < -0.4 is 15.4 Å². The molecule has 116 valence electrons. The van der Waals surface area contributed by atoms with Crippen LogP contribution in [0.15, 0.2) is 23.4 Å². The molecule has 1 aliphatic rings. The lowest BCUT2D eigenvalue weighted by atomic mass is 10.4. The highest BCUT2D eigenvalue weighted by Crippen LogP contribution is 2.19. The number of hydrogen-bond acceptors (Lipinski definition) is 5. The van der Waals surface area contributed by atoms with Crippen LogP contribution in [0.2, 0.25) is 0 Å². The quantitative estimate of drug-likeness (QED) is 0.647. The van der Waals surface area contributed by atoms with Crippen LogP contribution in [0.4, 0.5) is 5.69 Å². The second-order valence-corrected chi connectivity index (χ2v) is 6.63. The number of rotatable bonds is 8. The van der Waals surface area contributed by atoms with Crippen molar-refractivity contribution in [1.29, 1.82) is 0 Å². The number of hydrogen-bond donors (Lipinski definition) is 3.